The van der Waals surface area contributed by atoms with E-state index in [9.17, 15) is 4.79 Å². The highest BCUT2D eigenvalue weighted by molar-refractivity contribution is 14.0. The highest BCUT2D eigenvalue weighted by atomic mass is 127. The van der Waals surface area contributed by atoms with Crippen LogP contribution in [0.2, 0.25) is 0 Å². The maximum atomic E-state index is 12.4. The van der Waals surface area contributed by atoms with Gasteiger partial charge in [-0.1, -0.05) is 56.3 Å². The fourth-order valence-electron chi connectivity index (χ4n) is 3.16. The highest BCUT2D eigenvalue weighted by Crippen LogP contribution is 2.21. The summed E-state index contributed by atoms with van der Waals surface area (Å²) in [5.41, 5.74) is 3.11. The number of hydrogen-bond acceptors (Lipinski definition) is 2. The maximum absolute atomic E-state index is 12.4. The lowest BCUT2D eigenvalue weighted by molar-refractivity contribution is 0.0773. The maximum Gasteiger partial charge on any atom is 0.253 e. The Morgan fingerprint density at radius 1 is 0.967 bits per heavy atom. The lowest BCUT2D eigenvalue weighted by atomic mass is 9.85. The molecule has 0 spiro atoms. The van der Waals surface area contributed by atoms with E-state index in [0.29, 0.717) is 6.54 Å². The van der Waals surface area contributed by atoms with E-state index in [1.54, 1.807) is 7.05 Å². The summed E-state index contributed by atoms with van der Waals surface area (Å²) in [6.45, 7) is 11.3. The van der Waals surface area contributed by atoms with Gasteiger partial charge in [0, 0.05) is 44.2 Å². The van der Waals surface area contributed by atoms with Gasteiger partial charge < -0.3 is 15.5 Å². The molecule has 0 aliphatic heterocycles. The van der Waals surface area contributed by atoms with Gasteiger partial charge in [-0.2, -0.15) is 0 Å². The van der Waals surface area contributed by atoms with Gasteiger partial charge in [0.1, 0.15) is 0 Å². The van der Waals surface area contributed by atoms with E-state index in [0.717, 1.165) is 36.7 Å². The number of nitrogens with zero attached hydrogens (tertiary/aromatic N) is 2. The van der Waals surface area contributed by atoms with Crippen molar-refractivity contribution in [2.45, 2.75) is 39.7 Å². The Kier molecular flexibility index (Phi) is 10.9. The molecular weight excluding hydrogens is 487 g/mol. The minimum Gasteiger partial charge on any atom is -0.356 e. The second-order valence-corrected chi connectivity index (χ2v) is 7.70. The van der Waals surface area contributed by atoms with Gasteiger partial charge in [0.15, 0.2) is 5.96 Å². The van der Waals surface area contributed by atoms with Gasteiger partial charge in [-0.15, -0.1) is 24.0 Å². The van der Waals surface area contributed by atoms with Gasteiger partial charge in [-0.25, -0.2) is 0 Å². The van der Waals surface area contributed by atoms with Crippen LogP contribution in [0.5, 0.6) is 0 Å². The Balaban J connectivity index is 0.00000450. The van der Waals surface area contributed by atoms with Crippen molar-refractivity contribution in [1.29, 1.82) is 0 Å². The van der Waals surface area contributed by atoms with Crippen LogP contribution in [0, 0.1) is 0 Å². The third kappa shape index (κ3) is 7.31. The van der Waals surface area contributed by atoms with Crippen LogP contribution in [0.1, 0.15) is 49.2 Å². The number of rotatable bonds is 8. The van der Waals surface area contributed by atoms with Crippen LogP contribution in [-0.4, -0.2) is 43.4 Å². The van der Waals surface area contributed by atoms with Crippen molar-refractivity contribution in [2.24, 2.45) is 4.99 Å². The molecule has 2 aromatic rings. The quantitative estimate of drug-likeness (QED) is 0.307. The third-order valence-corrected chi connectivity index (χ3v) is 5.19. The largest absolute Gasteiger partial charge is 0.356 e. The van der Waals surface area contributed by atoms with Crippen LogP contribution in [0.25, 0.3) is 0 Å². The van der Waals surface area contributed by atoms with Crippen LogP contribution in [0.4, 0.5) is 0 Å². The van der Waals surface area contributed by atoms with E-state index in [1.807, 2.05) is 49.1 Å². The molecule has 30 heavy (non-hydrogen) atoms. The van der Waals surface area contributed by atoms with Crippen molar-refractivity contribution in [2.75, 3.05) is 26.7 Å². The molecule has 0 saturated carbocycles. The standard InChI is InChI=1S/C24H34N4O.HI/c1-6-28(7-2)22(29)20-15-13-19(14-16-20)17-26-23(25-5)27-18-24(3,4)21-11-9-8-10-12-21;/h8-16H,6-7,17-18H2,1-5H3,(H2,25,26,27);1H. The van der Waals surface area contributed by atoms with E-state index in [2.05, 4.69) is 53.7 Å². The summed E-state index contributed by atoms with van der Waals surface area (Å²) >= 11 is 0. The SMILES string of the molecule is CCN(CC)C(=O)c1ccc(CNC(=NC)NCC(C)(C)c2ccccc2)cc1.I. The molecule has 0 unspecified atom stereocenters. The molecule has 0 radical (unpaired) electrons. The molecule has 0 aromatic heterocycles. The zero-order chi connectivity index (χ0) is 21.3. The zero-order valence-electron chi connectivity index (χ0n) is 18.7. The minimum atomic E-state index is -0.00861. The molecular formula is C24H35IN4O. The molecule has 2 rings (SSSR count). The third-order valence-electron chi connectivity index (χ3n) is 5.19. The summed E-state index contributed by atoms with van der Waals surface area (Å²) in [5, 5.41) is 6.76. The van der Waals surface area contributed by atoms with Crippen LogP contribution in [0.3, 0.4) is 0 Å². The van der Waals surface area contributed by atoms with Crippen molar-refractivity contribution < 1.29 is 4.79 Å². The minimum absolute atomic E-state index is 0. The number of hydrogen-bond donors (Lipinski definition) is 2. The molecule has 0 bridgehead atoms. The first-order valence-electron chi connectivity index (χ1n) is 10.3. The second kappa shape index (κ2) is 12.6. The Hall–Kier alpha value is -2.09. The van der Waals surface area contributed by atoms with Crippen molar-refractivity contribution >= 4 is 35.8 Å². The second-order valence-electron chi connectivity index (χ2n) is 7.70. The van der Waals surface area contributed by atoms with Gasteiger partial charge >= 0.3 is 0 Å². The molecule has 2 N–H and O–H groups in total. The van der Waals surface area contributed by atoms with Crippen molar-refractivity contribution in [3.8, 4) is 0 Å². The topological polar surface area (TPSA) is 56.7 Å². The number of carbonyl (C=O) groups excluding carboxylic acids is 1. The molecule has 0 saturated heterocycles. The predicted molar refractivity (Wildman–Crippen MR) is 137 cm³/mol. The number of halogens is 1. The molecule has 0 aliphatic carbocycles. The van der Waals surface area contributed by atoms with E-state index < -0.39 is 0 Å². The van der Waals surface area contributed by atoms with Crippen LogP contribution < -0.4 is 10.6 Å². The predicted octanol–water partition coefficient (Wildman–Crippen LogP) is 4.43. The van der Waals surface area contributed by atoms with E-state index in [1.165, 1.54) is 5.56 Å². The number of amides is 1. The van der Waals surface area contributed by atoms with Gasteiger partial charge in [0.2, 0.25) is 0 Å². The summed E-state index contributed by atoms with van der Waals surface area (Å²) in [4.78, 5) is 18.6. The first-order chi connectivity index (χ1) is 13.9. The molecule has 0 fully saturated rings. The van der Waals surface area contributed by atoms with Crippen molar-refractivity contribution in [3.63, 3.8) is 0 Å². The number of benzene rings is 2. The molecule has 2 aromatic carbocycles. The summed E-state index contributed by atoms with van der Waals surface area (Å²) in [6.07, 6.45) is 0. The lowest BCUT2D eigenvalue weighted by Crippen LogP contribution is -2.43. The molecule has 1 amide bonds. The number of aliphatic imine (C=N–C) groups is 1. The average Bonchev–Trinajstić information content (AvgIpc) is 2.75. The smallest absolute Gasteiger partial charge is 0.253 e. The van der Waals surface area contributed by atoms with Crippen LogP contribution in [-0.2, 0) is 12.0 Å². The number of nitrogens with one attached hydrogen (secondary N) is 2. The first-order valence-corrected chi connectivity index (χ1v) is 10.3. The fourth-order valence-corrected chi connectivity index (χ4v) is 3.16. The molecule has 164 valence electrons. The first kappa shape index (κ1) is 25.9. The number of guanidine groups is 1. The van der Waals surface area contributed by atoms with Gasteiger partial charge in [-0.3, -0.25) is 9.79 Å². The molecule has 0 heterocycles. The normalized spacial score (nSPS) is 11.4. The Labute approximate surface area is 198 Å². The monoisotopic (exact) mass is 522 g/mol. The zero-order valence-corrected chi connectivity index (χ0v) is 21.1. The van der Waals surface area contributed by atoms with E-state index in [4.69, 9.17) is 0 Å². The van der Waals surface area contributed by atoms with E-state index in [-0.39, 0.29) is 35.3 Å². The van der Waals surface area contributed by atoms with Crippen molar-refractivity contribution in [3.05, 3.63) is 71.3 Å². The Morgan fingerprint density at radius 3 is 2.10 bits per heavy atom. The fraction of sp³-hybridized carbons (Fsp3) is 0.417. The van der Waals surface area contributed by atoms with Crippen LogP contribution >= 0.6 is 24.0 Å². The van der Waals surface area contributed by atoms with Crippen molar-refractivity contribution in [1.82, 2.24) is 15.5 Å². The molecule has 0 atom stereocenters. The molecule has 6 heteroatoms. The Bertz CT molecular complexity index is 800. The van der Waals surface area contributed by atoms with Gasteiger partial charge in [0.25, 0.3) is 5.91 Å². The molecule has 0 aliphatic rings. The summed E-state index contributed by atoms with van der Waals surface area (Å²) in [6, 6.07) is 18.2. The number of carbonyl (C=O) groups is 1. The van der Waals surface area contributed by atoms with Gasteiger partial charge in [-0.05, 0) is 37.1 Å². The lowest BCUT2D eigenvalue weighted by Gasteiger charge is -2.26. The summed E-state index contributed by atoms with van der Waals surface area (Å²) < 4.78 is 0. The summed E-state index contributed by atoms with van der Waals surface area (Å²) in [7, 11) is 1.77. The van der Waals surface area contributed by atoms with E-state index >= 15 is 0 Å². The molecule has 5 nitrogen and oxygen atoms in total. The summed E-state index contributed by atoms with van der Waals surface area (Å²) in [5.74, 6) is 0.840. The Morgan fingerprint density at radius 2 is 1.57 bits per heavy atom. The average molecular weight is 522 g/mol. The van der Waals surface area contributed by atoms with Crippen LogP contribution in [0.15, 0.2) is 59.6 Å². The highest BCUT2D eigenvalue weighted by Gasteiger charge is 2.20. The van der Waals surface area contributed by atoms with Gasteiger partial charge in [0.05, 0.1) is 0 Å².